The minimum absolute atomic E-state index is 0.109. The van der Waals surface area contributed by atoms with Gasteiger partial charge < -0.3 is 9.47 Å². The first-order valence-electron chi connectivity index (χ1n) is 7.28. The lowest BCUT2D eigenvalue weighted by molar-refractivity contribution is -0.141. The van der Waals surface area contributed by atoms with Gasteiger partial charge in [-0.2, -0.15) is 0 Å². The molecule has 0 radical (unpaired) electrons. The second kappa shape index (κ2) is 5.04. The predicted octanol–water partition coefficient (Wildman–Crippen LogP) is 2.84. The molecule has 1 saturated heterocycles. The Balaban J connectivity index is 1.51. The largest absolute Gasteiger partial charge is 0.462 e. The molecular weight excluding hydrogens is 228 g/mol. The van der Waals surface area contributed by atoms with E-state index in [0.29, 0.717) is 18.6 Å². The van der Waals surface area contributed by atoms with Crippen LogP contribution in [-0.4, -0.2) is 24.8 Å². The lowest BCUT2D eigenvalue weighted by Crippen LogP contribution is -2.23. The van der Waals surface area contributed by atoms with Gasteiger partial charge in [0.15, 0.2) is 0 Å². The number of epoxide rings is 1. The second-order valence-electron chi connectivity index (χ2n) is 6.00. The quantitative estimate of drug-likeness (QED) is 0.571. The Morgan fingerprint density at radius 2 is 2.17 bits per heavy atom. The van der Waals surface area contributed by atoms with Crippen LogP contribution in [0.5, 0.6) is 0 Å². The van der Waals surface area contributed by atoms with Crippen molar-refractivity contribution in [2.75, 3.05) is 6.61 Å². The Hall–Kier alpha value is -0.830. The van der Waals surface area contributed by atoms with Crippen LogP contribution in [0.15, 0.2) is 11.6 Å². The SMILES string of the molecule is CC1CC2OC2C=C1C(=O)OCC1CCCCC1. The average molecular weight is 250 g/mol. The van der Waals surface area contributed by atoms with Gasteiger partial charge in [-0.05, 0) is 37.2 Å². The van der Waals surface area contributed by atoms with Crippen molar-refractivity contribution in [1.82, 2.24) is 0 Å². The van der Waals surface area contributed by atoms with Crippen LogP contribution in [0.25, 0.3) is 0 Å². The minimum atomic E-state index is -0.109. The summed E-state index contributed by atoms with van der Waals surface area (Å²) in [4.78, 5) is 12.1. The highest BCUT2D eigenvalue weighted by Gasteiger charge is 2.44. The van der Waals surface area contributed by atoms with Crippen LogP contribution in [0.3, 0.4) is 0 Å². The molecule has 3 atom stereocenters. The van der Waals surface area contributed by atoms with Crippen LogP contribution in [0.4, 0.5) is 0 Å². The van der Waals surface area contributed by atoms with E-state index in [1.807, 2.05) is 6.08 Å². The summed E-state index contributed by atoms with van der Waals surface area (Å²) in [6.45, 7) is 2.70. The van der Waals surface area contributed by atoms with Gasteiger partial charge in [-0.1, -0.05) is 26.2 Å². The van der Waals surface area contributed by atoms with E-state index in [-0.39, 0.29) is 18.0 Å². The van der Waals surface area contributed by atoms with Gasteiger partial charge in [0.1, 0.15) is 6.10 Å². The van der Waals surface area contributed by atoms with E-state index in [1.165, 1.54) is 32.1 Å². The molecule has 1 heterocycles. The van der Waals surface area contributed by atoms with Crippen LogP contribution in [0, 0.1) is 11.8 Å². The van der Waals surface area contributed by atoms with E-state index >= 15 is 0 Å². The fourth-order valence-corrected chi connectivity index (χ4v) is 3.21. The first kappa shape index (κ1) is 12.2. The first-order valence-corrected chi connectivity index (χ1v) is 7.28. The van der Waals surface area contributed by atoms with E-state index in [0.717, 1.165) is 12.0 Å². The van der Waals surface area contributed by atoms with Gasteiger partial charge in [-0.3, -0.25) is 0 Å². The molecule has 18 heavy (non-hydrogen) atoms. The number of fused-ring (bicyclic) bond motifs is 1. The maximum atomic E-state index is 12.1. The molecule has 100 valence electrons. The van der Waals surface area contributed by atoms with Crippen LogP contribution < -0.4 is 0 Å². The monoisotopic (exact) mass is 250 g/mol. The van der Waals surface area contributed by atoms with E-state index in [1.54, 1.807) is 0 Å². The molecule has 3 unspecified atom stereocenters. The molecule has 3 rings (SSSR count). The second-order valence-corrected chi connectivity index (χ2v) is 6.00. The number of hydrogen-bond donors (Lipinski definition) is 0. The van der Waals surface area contributed by atoms with Gasteiger partial charge in [-0.15, -0.1) is 0 Å². The molecule has 3 nitrogen and oxygen atoms in total. The molecule has 1 aliphatic heterocycles. The zero-order valence-electron chi connectivity index (χ0n) is 11.1. The maximum Gasteiger partial charge on any atom is 0.334 e. The van der Waals surface area contributed by atoms with Crippen molar-refractivity contribution in [3.05, 3.63) is 11.6 Å². The Labute approximate surface area is 109 Å². The Morgan fingerprint density at radius 1 is 1.39 bits per heavy atom. The summed E-state index contributed by atoms with van der Waals surface area (Å²) in [6, 6.07) is 0. The normalized spacial score (nSPS) is 35.6. The number of rotatable bonds is 3. The molecule has 0 aromatic rings. The fourth-order valence-electron chi connectivity index (χ4n) is 3.21. The average Bonchev–Trinajstić information content (AvgIpc) is 3.14. The highest BCUT2D eigenvalue weighted by Crippen LogP contribution is 2.38. The number of esters is 1. The van der Waals surface area contributed by atoms with E-state index < -0.39 is 0 Å². The summed E-state index contributed by atoms with van der Waals surface area (Å²) in [5.41, 5.74) is 0.838. The predicted molar refractivity (Wildman–Crippen MR) is 68.1 cm³/mol. The van der Waals surface area contributed by atoms with Crippen LogP contribution >= 0.6 is 0 Å². The number of carbonyl (C=O) groups excluding carboxylic acids is 1. The first-order chi connectivity index (χ1) is 8.74. The molecule has 0 aromatic carbocycles. The van der Waals surface area contributed by atoms with Crippen LogP contribution in [0.2, 0.25) is 0 Å². The van der Waals surface area contributed by atoms with Crippen molar-refractivity contribution in [3.8, 4) is 0 Å². The van der Waals surface area contributed by atoms with Gasteiger partial charge >= 0.3 is 5.97 Å². The zero-order valence-corrected chi connectivity index (χ0v) is 11.1. The lowest BCUT2D eigenvalue weighted by atomic mass is 9.89. The standard InChI is InChI=1S/C15H22O3/c1-10-7-13-14(18-13)8-12(10)15(16)17-9-11-5-3-2-4-6-11/h8,10-11,13-14H,2-7,9H2,1H3. The Morgan fingerprint density at radius 3 is 2.94 bits per heavy atom. The lowest BCUT2D eigenvalue weighted by Gasteiger charge is -2.22. The molecule has 3 heteroatoms. The third kappa shape index (κ3) is 2.61. The molecule has 0 aromatic heterocycles. The van der Waals surface area contributed by atoms with Crippen LogP contribution in [0.1, 0.15) is 45.4 Å². The van der Waals surface area contributed by atoms with Crippen molar-refractivity contribution >= 4 is 5.97 Å². The molecule has 0 spiro atoms. The Bertz CT molecular complexity index is 355. The third-order valence-corrected chi connectivity index (χ3v) is 4.49. The zero-order chi connectivity index (χ0) is 12.5. The topological polar surface area (TPSA) is 38.8 Å². The number of ether oxygens (including phenoxy) is 2. The van der Waals surface area contributed by atoms with Gasteiger partial charge in [0.25, 0.3) is 0 Å². The number of carbonyl (C=O) groups is 1. The maximum absolute atomic E-state index is 12.1. The van der Waals surface area contributed by atoms with Crippen LogP contribution in [-0.2, 0) is 14.3 Å². The van der Waals surface area contributed by atoms with Gasteiger partial charge in [0.05, 0.1) is 12.7 Å². The van der Waals surface area contributed by atoms with E-state index in [4.69, 9.17) is 9.47 Å². The molecule has 0 amide bonds. The molecule has 0 N–H and O–H groups in total. The third-order valence-electron chi connectivity index (χ3n) is 4.49. The highest BCUT2D eigenvalue weighted by atomic mass is 16.6. The summed E-state index contributed by atoms with van der Waals surface area (Å²) in [6.07, 6.45) is 9.86. The van der Waals surface area contributed by atoms with Gasteiger partial charge in [-0.25, -0.2) is 4.79 Å². The van der Waals surface area contributed by atoms with Crippen molar-refractivity contribution in [2.45, 2.75) is 57.7 Å². The number of hydrogen-bond acceptors (Lipinski definition) is 3. The summed E-state index contributed by atoms with van der Waals surface area (Å²) in [7, 11) is 0. The minimum Gasteiger partial charge on any atom is -0.462 e. The summed E-state index contributed by atoms with van der Waals surface area (Å²) >= 11 is 0. The van der Waals surface area contributed by atoms with Gasteiger partial charge in [0.2, 0.25) is 0 Å². The van der Waals surface area contributed by atoms with E-state index in [9.17, 15) is 4.79 Å². The van der Waals surface area contributed by atoms with Crippen molar-refractivity contribution < 1.29 is 14.3 Å². The summed E-state index contributed by atoms with van der Waals surface area (Å²) < 4.78 is 10.9. The van der Waals surface area contributed by atoms with Crippen molar-refractivity contribution in [1.29, 1.82) is 0 Å². The van der Waals surface area contributed by atoms with E-state index in [2.05, 4.69) is 6.92 Å². The Kier molecular flexibility index (Phi) is 3.42. The molecule has 3 aliphatic rings. The smallest absolute Gasteiger partial charge is 0.334 e. The molecule has 2 fully saturated rings. The molecular formula is C15H22O3. The molecule has 2 aliphatic carbocycles. The van der Waals surface area contributed by atoms with Crippen molar-refractivity contribution in [3.63, 3.8) is 0 Å². The summed E-state index contributed by atoms with van der Waals surface area (Å²) in [5, 5.41) is 0. The van der Waals surface area contributed by atoms with Gasteiger partial charge in [0, 0.05) is 5.57 Å². The summed E-state index contributed by atoms with van der Waals surface area (Å²) in [5.74, 6) is 0.766. The fraction of sp³-hybridized carbons (Fsp3) is 0.800. The molecule has 0 bridgehead atoms. The molecule has 1 saturated carbocycles. The van der Waals surface area contributed by atoms with Crippen molar-refractivity contribution in [2.24, 2.45) is 11.8 Å². The highest BCUT2D eigenvalue weighted by molar-refractivity contribution is 5.89.